The first kappa shape index (κ1) is 32.2. The maximum atomic E-state index is 13.5. The van der Waals surface area contributed by atoms with E-state index in [1.165, 1.54) is 23.1 Å². The second-order valence-corrected chi connectivity index (χ2v) is 9.35. The molecule has 2 rings (SSSR count). The zero-order valence-electron chi connectivity index (χ0n) is 24.0. The Morgan fingerprint density at radius 2 is 2.00 bits per heavy atom. The molecule has 40 heavy (non-hydrogen) atoms. The van der Waals surface area contributed by atoms with Crippen LogP contribution in [0, 0.1) is 17.7 Å². The van der Waals surface area contributed by atoms with Crippen LogP contribution in [0.25, 0.3) is 0 Å². The average molecular weight is 554 g/mol. The van der Waals surface area contributed by atoms with Gasteiger partial charge >= 0.3 is 0 Å². The van der Waals surface area contributed by atoms with Crippen molar-refractivity contribution in [2.75, 3.05) is 65.1 Å². The Morgan fingerprint density at radius 1 is 1.20 bits per heavy atom. The van der Waals surface area contributed by atoms with E-state index in [0.717, 1.165) is 6.42 Å². The third-order valence-electron chi connectivity index (χ3n) is 5.73. The Labute approximate surface area is 236 Å². The molecule has 0 saturated heterocycles. The third kappa shape index (κ3) is 11.8. The number of hydrogen-bond acceptors (Lipinski definition) is 8. The monoisotopic (exact) mass is 553 g/mol. The van der Waals surface area contributed by atoms with Gasteiger partial charge in [0.25, 0.3) is 0 Å². The molecule has 0 fully saturated rings. The number of methoxy groups -OCH3 is 1. The number of halogens is 1. The largest absolute Gasteiger partial charge is 0.385 e. The number of anilines is 3. The molecule has 0 saturated carbocycles. The zero-order valence-corrected chi connectivity index (χ0v) is 24.0. The highest BCUT2D eigenvalue weighted by Gasteiger charge is 2.20. The van der Waals surface area contributed by atoms with Crippen molar-refractivity contribution < 1.29 is 18.7 Å². The van der Waals surface area contributed by atoms with Gasteiger partial charge in [0.15, 0.2) is 0 Å². The molecule has 11 heteroatoms. The van der Waals surface area contributed by atoms with Crippen LogP contribution in [0.3, 0.4) is 0 Å². The van der Waals surface area contributed by atoms with Gasteiger partial charge in [-0.3, -0.25) is 9.59 Å². The number of carbonyl (C=O) groups excluding carboxylic acids is 2. The molecule has 2 aromatic rings. The molecule has 216 valence electrons. The molecular weight excluding hydrogens is 513 g/mol. The summed E-state index contributed by atoms with van der Waals surface area (Å²) in [5, 5.41) is 9.12. The van der Waals surface area contributed by atoms with Crippen molar-refractivity contribution in [2.45, 2.75) is 32.2 Å². The van der Waals surface area contributed by atoms with Crippen molar-refractivity contribution in [3.8, 4) is 11.8 Å². The second kappa shape index (κ2) is 17.6. The minimum atomic E-state index is -0.592. The summed E-state index contributed by atoms with van der Waals surface area (Å²) in [7, 11) is 7.09. The quantitative estimate of drug-likeness (QED) is 0.175. The number of nitrogens with zero attached hydrogens (tertiary/aromatic N) is 4. The maximum Gasteiger partial charge on any atom is 0.246 e. The molecule has 0 radical (unpaired) electrons. The third-order valence-corrected chi connectivity index (χ3v) is 5.73. The van der Waals surface area contributed by atoms with Gasteiger partial charge in [-0.1, -0.05) is 24.0 Å². The molecule has 10 nitrogen and oxygen atoms in total. The summed E-state index contributed by atoms with van der Waals surface area (Å²) in [6.45, 7) is 4.02. The van der Waals surface area contributed by atoms with Gasteiger partial charge in [-0.15, -0.1) is 0 Å². The fourth-order valence-electron chi connectivity index (χ4n) is 3.33. The number of benzene rings is 1. The SMILES string of the molecule is COCCCNc1nc(Nc2cccc(F)c2)ncc1C#CCCCNC(=O)[C@H](C)N(C)C(=O)/C=C/CN(C)C. The van der Waals surface area contributed by atoms with Crippen LogP contribution in [0.2, 0.25) is 0 Å². The van der Waals surface area contributed by atoms with E-state index in [9.17, 15) is 14.0 Å². The zero-order chi connectivity index (χ0) is 29.3. The van der Waals surface area contributed by atoms with E-state index in [4.69, 9.17) is 4.74 Å². The molecule has 1 aromatic heterocycles. The van der Waals surface area contributed by atoms with Crippen molar-refractivity contribution >= 4 is 29.3 Å². The van der Waals surface area contributed by atoms with Gasteiger partial charge in [0.2, 0.25) is 17.8 Å². The first-order valence-corrected chi connectivity index (χ1v) is 13.2. The normalized spacial score (nSPS) is 11.6. The van der Waals surface area contributed by atoms with Crippen LogP contribution in [0.15, 0.2) is 42.6 Å². The van der Waals surface area contributed by atoms with E-state index in [-0.39, 0.29) is 17.6 Å². The van der Waals surface area contributed by atoms with Crippen LogP contribution in [0.1, 0.15) is 31.7 Å². The van der Waals surface area contributed by atoms with Crippen molar-refractivity contribution in [2.24, 2.45) is 0 Å². The summed E-state index contributed by atoms with van der Waals surface area (Å²) in [5.74, 6) is 6.28. The van der Waals surface area contributed by atoms with E-state index in [0.29, 0.717) is 62.1 Å². The number of aromatic nitrogens is 2. The molecule has 0 bridgehead atoms. The van der Waals surface area contributed by atoms with Crippen LogP contribution in [-0.4, -0.2) is 92.1 Å². The van der Waals surface area contributed by atoms with Crippen molar-refractivity contribution in [3.63, 3.8) is 0 Å². The maximum absolute atomic E-state index is 13.5. The van der Waals surface area contributed by atoms with Gasteiger partial charge in [0.1, 0.15) is 17.7 Å². The predicted octanol–water partition coefficient (Wildman–Crippen LogP) is 3.02. The Kier molecular flexibility index (Phi) is 14.1. The number of likely N-dealkylation sites (N-methyl/N-ethyl adjacent to an activating group) is 2. The van der Waals surface area contributed by atoms with Crippen molar-refractivity contribution in [1.82, 2.24) is 25.1 Å². The number of amides is 2. The summed E-state index contributed by atoms with van der Waals surface area (Å²) in [6, 6.07) is 5.47. The van der Waals surface area contributed by atoms with Crippen LogP contribution < -0.4 is 16.0 Å². The van der Waals surface area contributed by atoms with Crippen LogP contribution in [0.4, 0.5) is 21.8 Å². The molecule has 2 amide bonds. The van der Waals surface area contributed by atoms with Gasteiger partial charge in [0, 0.05) is 58.6 Å². The number of nitrogens with one attached hydrogen (secondary N) is 3. The lowest BCUT2D eigenvalue weighted by molar-refractivity contribution is -0.135. The first-order chi connectivity index (χ1) is 19.2. The number of carbonyl (C=O) groups is 2. The Hall–Kier alpha value is -4.01. The fourth-order valence-corrected chi connectivity index (χ4v) is 3.33. The summed E-state index contributed by atoms with van der Waals surface area (Å²) in [6.07, 6.45) is 6.83. The molecule has 1 heterocycles. The van der Waals surface area contributed by atoms with E-state index in [2.05, 4.69) is 37.8 Å². The number of unbranched alkanes of at least 4 members (excludes halogenated alkanes) is 1. The molecule has 0 spiro atoms. The van der Waals surface area contributed by atoms with Crippen molar-refractivity contribution in [3.05, 3.63) is 54.0 Å². The van der Waals surface area contributed by atoms with Crippen molar-refractivity contribution in [1.29, 1.82) is 0 Å². The highest BCUT2D eigenvalue weighted by Crippen LogP contribution is 2.18. The van der Waals surface area contributed by atoms with Gasteiger partial charge in [-0.25, -0.2) is 9.37 Å². The molecule has 0 unspecified atom stereocenters. The summed E-state index contributed by atoms with van der Waals surface area (Å²) in [4.78, 5) is 36.9. The summed E-state index contributed by atoms with van der Waals surface area (Å²) in [5.41, 5.74) is 1.17. The molecule has 1 atom stereocenters. The summed E-state index contributed by atoms with van der Waals surface area (Å²) < 4.78 is 18.6. The van der Waals surface area contributed by atoms with Crippen LogP contribution in [0.5, 0.6) is 0 Å². The van der Waals surface area contributed by atoms with Crippen LogP contribution in [-0.2, 0) is 14.3 Å². The van der Waals surface area contributed by atoms with E-state index < -0.39 is 6.04 Å². The molecule has 1 aromatic carbocycles. The Balaban J connectivity index is 1.90. The second-order valence-electron chi connectivity index (χ2n) is 9.35. The van der Waals surface area contributed by atoms with Gasteiger partial charge in [-0.2, -0.15) is 4.98 Å². The van der Waals surface area contributed by atoms with Gasteiger partial charge in [0.05, 0.1) is 11.8 Å². The highest BCUT2D eigenvalue weighted by molar-refractivity contribution is 5.92. The number of rotatable bonds is 15. The van der Waals surface area contributed by atoms with Gasteiger partial charge in [-0.05, 0) is 52.1 Å². The lowest BCUT2D eigenvalue weighted by atomic mass is 10.2. The number of ether oxygens (including phenoxy) is 1. The van der Waals surface area contributed by atoms with E-state index >= 15 is 0 Å². The topological polar surface area (TPSA) is 112 Å². The molecular formula is C29H40FN7O3. The lowest BCUT2D eigenvalue weighted by Crippen LogP contribution is -2.45. The standard InChI is InChI=1S/C29H40FN7O3/c1-22(37(4)26(38)15-10-18-36(2)3)28(39)32-16-8-6-7-12-23-21-33-29(34-25-14-9-13-24(30)20-25)35-27(23)31-17-11-19-40-5/h9-10,13-15,20-22H,6,8,11,16-19H2,1-5H3,(H,32,39)(H2,31,33,34,35)/b15-10+/t22-/m0/s1. The molecule has 0 aliphatic rings. The fraction of sp³-hybridized carbons (Fsp3) is 0.448. The van der Waals surface area contributed by atoms with Crippen LogP contribution >= 0.6 is 0 Å². The lowest BCUT2D eigenvalue weighted by Gasteiger charge is -2.23. The highest BCUT2D eigenvalue weighted by atomic mass is 19.1. The van der Waals surface area contributed by atoms with E-state index in [1.807, 2.05) is 19.0 Å². The summed E-state index contributed by atoms with van der Waals surface area (Å²) >= 11 is 0. The molecule has 0 aliphatic carbocycles. The first-order valence-electron chi connectivity index (χ1n) is 13.2. The van der Waals surface area contributed by atoms with E-state index in [1.54, 1.807) is 45.5 Å². The number of hydrogen-bond donors (Lipinski definition) is 3. The molecule has 0 aliphatic heterocycles. The Morgan fingerprint density at radius 3 is 2.73 bits per heavy atom. The minimum absolute atomic E-state index is 0.220. The average Bonchev–Trinajstić information content (AvgIpc) is 2.92. The smallest absolute Gasteiger partial charge is 0.246 e. The minimum Gasteiger partial charge on any atom is -0.385 e. The van der Waals surface area contributed by atoms with Gasteiger partial charge < -0.3 is 30.5 Å². The predicted molar refractivity (Wildman–Crippen MR) is 156 cm³/mol. The Bertz CT molecular complexity index is 1190. The molecule has 3 N–H and O–H groups in total.